The number of alkyl halides is 1. The minimum atomic E-state index is -1.03. The lowest BCUT2D eigenvalue weighted by Gasteiger charge is -2.22. The summed E-state index contributed by atoms with van der Waals surface area (Å²) in [7, 11) is 1.48. The van der Waals surface area contributed by atoms with Gasteiger partial charge >= 0.3 is 6.09 Å². The van der Waals surface area contributed by atoms with Crippen LogP contribution in [0.3, 0.4) is 0 Å². The Morgan fingerprint density at radius 1 is 1.04 bits per heavy atom. The molecule has 2 rings (SSSR count). The summed E-state index contributed by atoms with van der Waals surface area (Å²) in [5, 5.41) is 0.616. The highest BCUT2D eigenvalue weighted by molar-refractivity contribution is 6.17. The Hall–Kier alpha value is -3.06. The molecule has 0 bridgehead atoms. The van der Waals surface area contributed by atoms with E-state index in [1.807, 2.05) is 19.9 Å². The van der Waals surface area contributed by atoms with E-state index in [0.717, 1.165) is 11.1 Å². The average Bonchev–Trinajstić information content (AvgIpc) is 2.64. The monoisotopic (exact) mass is 404 g/mol. The van der Waals surface area contributed by atoms with Gasteiger partial charge in [-0.3, -0.25) is 9.59 Å². The van der Waals surface area contributed by atoms with Gasteiger partial charge in [0.25, 0.3) is 11.8 Å². The Bertz CT molecular complexity index is 893. The van der Waals surface area contributed by atoms with Crippen molar-refractivity contribution in [3.05, 3.63) is 64.2 Å². The lowest BCUT2D eigenvalue weighted by molar-refractivity contribution is 0.0502. The van der Waals surface area contributed by atoms with Gasteiger partial charge in [0.2, 0.25) is 0 Å². The smallest absolute Gasteiger partial charge is 0.427 e. The zero-order chi connectivity index (χ0) is 20.8. The molecule has 0 unspecified atom stereocenters. The van der Waals surface area contributed by atoms with Crippen LogP contribution in [0.1, 0.15) is 37.4 Å². The summed E-state index contributed by atoms with van der Waals surface area (Å²) < 4.78 is 9.84. The molecule has 7 nitrogen and oxygen atoms in total. The second-order valence-corrected chi connectivity index (χ2v) is 6.33. The molecule has 2 aromatic rings. The maximum absolute atomic E-state index is 13.1. The summed E-state index contributed by atoms with van der Waals surface area (Å²) in [4.78, 5) is 38.0. The van der Waals surface area contributed by atoms with Crippen molar-refractivity contribution in [1.82, 2.24) is 10.4 Å². The predicted molar refractivity (Wildman–Crippen MR) is 104 cm³/mol. The number of hydrogen-bond donors (Lipinski definition) is 1. The fourth-order valence-corrected chi connectivity index (χ4v) is 2.88. The number of nitrogens with zero attached hydrogens (tertiary/aromatic N) is 1. The van der Waals surface area contributed by atoms with Crippen LogP contribution < -0.4 is 10.2 Å². The summed E-state index contributed by atoms with van der Waals surface area (Å²) in [6.45, 7) is 5.34. The molecule has 1 N–H and O–H groups in total. The van der Waals surface area contributed by atoms with E-state index in [-0.39, 0.29) is 11.1 Å². The zero-order valence-corrected chi connectivity index (χ0v) is 16.8. The van der Waals surface area contributed by atoms with Gasteiger partial charge in [0.05, 0.1) is 7.11 Å². The molecule has 0 aliphatic rings. The number of benzene rings is 2. The van der Waals surface area contributed by atoms with Crippen LogP contribution in [0.2, 0.25) is 0 Å². The molecular formula is C20H21ClN2O5. The van der Waals surface area contributed by atoms with Crippen molar-refractivity contribution in [3.63, 3.8) is 0 Å². The van der Waals surface area contributed by atoms with E-state index in [0.29, 0.717) is 16.3 Å². The number of imide groups is 1. The highest BCUT2D eigenvalue weighted by Crippen LogP contribution is 2.22. The van der Waals surface area contributed by atoms with Crippen LogP contribution in [0.5, 0.6) is 5.75 Å². The molecule has 0 radical (unpaired) electrons. The standard InChI is InChI=1S/C20H21ClN2O5/c1-12-8-13(2)10-15(9-12)18(24)23(22-20(26)28-11-21)19(25)16-6-5-7-17(27-4)14(16)3/h5-10H,11H2,1-4H3,(H,22,26). The van der Waals surface area contributed by atoms with E-state index >= 15 is 0 Å². The first-order valence-electron chi connectivity index (χ1n) is 8.38. The van der Waals surface area contributed by atoms with Crippen LogP contribution in [-0.4, -0.2) is 36.1 Å². The highest BCUT2D eigenvalue weighted by Gasteiger charge is 2.28. The molecule has 0 aliphatic carbocycles. The number of carbonyl (C=O) groups excluding carboxylic acids is 3. The number of amides is 3. The van der Waals surface area contributed by atoms with Crippen LogP contribution in [0.25, 0.3) is 0 Å². The third-order valence-electron chi connectivity index (χ3n) is 4.00. The van der Waals surface area contributed by atoms with Crippen LogP contribution in [0, 0.1) is 20.8 Å². The predicted octanol–water partition coefficient (Wildman–Crippen LogP) is 3.74. The molecule has 0 saturated heterocycles. The van der Waals surface area contributed by atoms with E-state index < -0.39 is 24.0 Å². The number of aryl methyl sites for hydroxylation is 2. The van der Waals surface area contributed by atoms with Crippen LogP contribution in [0.4, 0.5) is 4.79 Å². The summed E-state index contributed by atoms with van der Waals surface area (Å²) in [6, 6.07) is 9.57. The normalized spacial score (nSPS) is 10.2. The van der Waals surface area contributed by atoms with Gasteiger partial charge in [-0.05, 0) is 45.0 Å². The Morgan fingerprint density at radius 3 is 2.25 bits per heavy atom. The molecule has 0 atom stereocenters. The second-order valence-electron chi connectivity index (χ2n) is 6.11. The molecule has 28 heavy (non-hydrogen) atoms. The van der Waals surface area contributed by atoms with Gasteiger partial charge in [0.1, 0.15) is 5.75 Å². The summed E-state index contributed by atoms with van der Waals surface area (Å²) >= 11 is 5.39. The van der Waals surface area contributed by atoms with Crippen molar-refractivity contribution in [2.45, 2.75) is 20.8 Å². The molecule has 0 saturated carbocycles. The van der Waals surface area contributed by atoms with Crippen LogP contribution >= 0.6 is 11.6 Å². The van der Waals surface area contributed by atoms with E-state index in [9.17, 15) is 14.4 Å². The molecule has 148 valence electrons. The molecule has 0 aliphatic heterocycles. The number of hydrogen-bond acceptors (Lipinski definition) is 5. The third-order valence-corrected chi connectivity index (χ3v) is 4.11. The maximum Gasteiger partial charge on any atom is 0.427 e. The Balaban J connectivity index is 2.48. The lowest BCUT2D eigenvalue weighted by atomic mass is 10.0. The van der Waals surface area contributed by atoms with Gasteiger partial charge < -0.3 is 9.47 Å². The quantitative estimate of drug-likeness (QED) is 0.476. The number of rotatable bonds is 4. The zero-order valence-electron chi connectivity index (χ0n) is 16.0. The Kier molecular flexibility index (Phi) is 7.00. The molecule has 8 heteroatoms. The number of carbonyl (C=O) groups is 3. The first kappa shape index (κ1) is 21.2. The van der Waals surface area contributed by atoms with Gasteiger partial charge in [-0.15, -0.1) is 0 Å². The minimum absolute atomic E-state index is 0.197. The van der Waals surface area contributed by atoms with Crippen molar-refractivity contribution in [3.8, 4) is 5.75 Å². The number of hydrazine groups is 1. The third kappa shape index (κ3) is 4.80. The molecule has 3 amide bonds. The van der Waals surface area contributed by atoms with Gasteiger partial charge in [0.15, 0.2) is 6.07 Å². The molecular weight excluding hydrogens is 384 g/mol. The first-order chi connectivity index (χ1) is 13.3. The van der Waals surface area contributed by atoms with Crippen molar-refractivity contribution < 1.29 is 23.9 Å². The summed E-state index contributed by atoms with van der Waals surface area (Å²) in [6.07, 6.45) is -1.03. The van der Waals surface area contributed by atoms with Crippen LogP contribution in [-0.2, 0) is 4.74 Å². The second kappa shape index (κ2) is 9.23. The van der Waals surface area contributed by atoms with E-state index in [2.05, 4.69) is 10.2 Å². The van der Waals surface area contributed by atoms with E-state index in [4.69, 9.17) is 16.3 Å². The largest absolute Gasteiger partial charge is 0.496 e. The molecule has 0 spiro atoms. The van der Waals surface area contributed by atoms with Crippen molar-refractivity contribution in [2.75, 3.05) is 13.2 Å². The van der Waals surface area contributed by atoms with Crippen molar-refractivity contribution >= 4 is 29.5 Å². The van der Waals surface area contributed by atoms with Gasteiger partial charge in [-0.1, -0.05) is 34.9 Å². The summed E-state index contributed by atoms with van der Waals surface area (Å²) in [5.74, 6) is -0.953. The number of halogens is 1. The van der Waals surface area contributed by atoms with Crippen LogP contribution in [0.15, 0.2) is 36.4 Å². The van der Waals surface area contributed by atoms with Crippen molar-refractivity contribution in [1.29, 1.82) is 0 Å². The number of ether oxygens (including phenoxy) is 2. The lowest BCUT2D eigenvalue weighted by Crippen LogP contribution is -2.50. The molecule has 2 aromatic carbocycles. The average molecular weight is 405 g/mol. The minimum Gasteiger partial charge on any atom is -0.496 e. The first-order valence-corrected chi connectivity index (χ1v) is 8.92. The number of methoxy groups -OCH3 is 1. The molecule has 0 aromatic heterocycles. The topological polar surface area (TPSA) is 84.9 Å². The van der Waals surface area contributed by atoms with E-state index in [1.165, 1.54) is 13.2 Å². The Morgan fingerprint density at radius 2 is 1.68 bits per heavy atom. The SMILES string of the molecule is COc1cccc(C(=O)N(NC(=O)OCCl)C(=O)c2cc(C)cc(C)c2)c1C. The fourth-order valence-electron chi connectivity index (χ4n) is 2.78. The Labute approximate surface area is 168 Å². The molecule has 0 heterocycles. The van der Waals surface area contributed by atoms with Gasteiger partial charge in [-0.2, -0.15) is 5.01 Å². The van der Waals surface area contributed by atoms with Gasteiger partial charge in [0, 0.05) is 16.7 Å². The van der Waals surface area contributed by atoms with Crippen molar-refractivity contribution in [2.24, 2.45) is 0 Å². The maximum atomic E-state index is 13.1. The fraction of sp³-hybridized carbons (Fsp3) is 0.250. The summed E-state index contributed by atoms with van der Waals surface area (Å²) in [5.41, 5.74) is 4.83. The van der Waals surface area contributed by atoms with Gasteiger partial charge in [-0.25, -0.2) is 10.2 Å². The molecule has 0 fully saturated rings. The highest BCUT2D eigenvalue weighted by atomic mass is 35.5. The number of nitrogens with one attached hydrogen (secondary N) is 1. The van der Waals surface area contributed by atoms with E-state index in [1.54, 1.807) is 31.2 Å².